The molecule has 1 aliphatic rings. The van der Waals surface area contributed by atoms with Crippen LogP contribution in [-0.2, 0) is 11.2 Å². The highest BCUT2D eigenvalue weighted by molar-refractivity contribution is 5.97. The molecule has 0 aliphatic carbocycles. The number of nitrogens with zero attached hydrogens (tertiary/aromatic N) is 1. The minimum atomic E-state index is -0.359. The Hall–Kier alpha value is -3.02. The van der Waals surface area contributed by atoms with Crippen LogP contribution >= 0.6 is 0 Å². The summed E-state index contributed by atoms with van der Waals surface area (Å²) in [6, 6.07) is 12.4. The highest BCUT2D eigenvalue weighted by atomic mass is 16.5. The summed E-state index contributed by atoms with van der Waals surface area (Å²) < 4.78 is 5.14. The Morgan fingerprint density at radius 1 is 1.26 bits per heavy atom. The van der Waals surface area contributed by atoms with E-state index in [2.05, 4.69) is 5.32 Å². The van der Waals surface area contributed by atoms with Gasteiger partial charge in [0, 0.05) is 19.5 Å². The van der Waals surface area contributed by atoms with E-state index in [1.807, 2.05) is 31.2 Å². The predicted octanol–water partition coefficient (Wildman–Crippen LogP) is 2.28. The third-order valence-electron chi connectivity index (χ3n) is 4.78. The van der Waals surface area contributed by atoms with Crippen molar-refractivity contribution in [2.75, 3.05) is 20.2 Å². The Bertz CT molecular complexity index is 833. The molecule has 1 saturated heterocycles. The first-order valence-electron chi connectivity index (χ1n) is 8.97. The fourth-order valence-corrected chi connectivity index (χ4v) is 3.24. The van der Waals surface area contributed by atoms with Crippen molar-refractivity contribution in [1.82, 2.24) is 10.2 Å². The van der Waals surface area contributed by atoms with Crippen molar-refractivity contribution in [2.45, 2.75) is 25.8 Å². The van der Waals surface area contributed by atoms with E-state index in [4.69, 9.17) is 4.74 Å². The summed E-state index contributed by atoms with van der Waals surface area (Å²) >= 11 is 0. The number of phenols is 1. The molecule has 0 radical (unpaired) electrons. The van der Waals surface area contributed by atoms with E-state index < -0.39 is 0 Å². The monoisotopic (exact) mass is 368 g/mol. The lowest BCUT2D eigenvalue weighted by molar-refractivity contribution is -0.127. The summed E-state index contributed by atoms with van der Waals surface area (Å²) in [5, 5.41) is 12.8. The molecular weight excluding hydrogens is 344 g/mol. The molecule has 27 heavy (non-hydrogen) atoms. The third-order valence-corrected chi connectivity index (χ3v) is 4.78. The molecule has 0 bridgehead atoms. The minimum absolute atomic E-state index is 0.0296. The average Bonchev–Trinajstić information content (AvgIpc) is 2.99. The number of carbonyl (C=O) groups excluding carboxylic acids is 2. The van der Waals surface area contributed by atoms with Crippen LogP contribution in [-0.4, -0.2) is 48.1 Å². The van der Waals surface area contributed by atoms with Gasteiger partial charge >= 0.3 is 0 Å². The van der Waals surface area contributed by atoms with Gasteiger partial charge in [0.25, 0.3) is 5.91 Å². The zero-order chi connectivity index (χ0) is 19.4. The van der Waals surface area contributed by atoms with Crippen molar-refractivity contribution in [2.24, 2.45) is 0 Å². The molecule has 0 aromatic heterocycles. The van der Waals surface area contributed by atoms with Gasteiger partial charge in [0.1, 0.15) is 11.5 Å². The first-order chi connectivity index (χ1) is 13.0. The number of aryl methyl sites for hydroxylation is 1. The number of hydrogen-bond acceptors (Lipinski definition) is 4. The molecule has 0 unspecified atom stereocenters. The molecule has 1 heterocycles. The van der Waals surface area contributed by atoms with E-state index in [9.17, 15) is 14.7 Å². The number of hydrogen-bond donors (Lipinski definition) is 2. The second-order valence-electron chi connectivity index (χ2n) is 6.83. The number of amides is 2. The summed E-state index contributed by atoms with van der Waals surface area (Å²) in [5.41, 5.74) is 2.23. The number of aromatic hydroxyl groups is 1. The molecule has 1 atom stereocenters. The molecule has 0 saturated carbocycles. The first-order valence-corrected chi connectivity index (χ1v) is 8.97. The normalized spacial score (nSPS) is 16.4. The highest BCUT2D eigenvalue weighted by Crippen LogP contribution is 2.20. The molecule has 0 spiro atoms. The van der Waals surface area contributed by atoms with E-state index in [0.717, 1.165) is 23.3 Å². The largest absolute Gasteiger partial charge is 0.507 e. The van der Waals surface area contributed by atoms with Crippen molar-refractivity contribution < 1.29 is 19.4 Å². The van der Waals surface area contributed by atoms with E-state index >= 15 is 0 Å². The lowest BCUT2D eigenvalue weighted by Crippen LogP contribution is -2.37. The molecular formula is C21H24N2O4. The van der Waals surface area contributed by atoms with Crippen LogP contribution in [0.25, 0.3) is 0 Å². The number of rotatable bonds is 6. The zero-order valence-electron chi connectivity index (χ0n) is 15.6. The quantitative estimate of drug-likeness (QED) is 0.820. The molecule has 3 rings (SSSR count). The zero-order valence-corrected chi connectivity index (χ0v) is 15.6. The van der Waals surface area contributed by atoms with Crippen molar-refractivity contribution in [3.8, 4) is 11.5 Å². The van der Waals surface area contributed by atoms with Crippen LogP contribution in [0, 0.1) is 6.92 Å². The molecule has 2 aromatic rings. The standard InChI is InChI=1S/C21H24N2O4/c1-14-3-8-18(19(24)11-14)21(26)22-16-12-20(25)23(13-16)10-9-15-4-6-17(27-2)7-5-15/h3-8,11,16,24H,9-10,12-13H2,1-2H3,(H,22,26)/t16-/m0/s1. The van der Waals surface area contributed by atoms with E-state index in [1.165, 1.54) is 0 Å². The summed E-state index contributed by atoms with van der Waals surface area (Å²) in [4.78, 5) is 26.4. The number of methoxy groups -OCH3 is 1. The Balaban J connectivity index is 1.54. The second kappa shape index (κ2) is 8.12. The highest BCUT2D eigenvalue weighted by Gasteiger charge is 2.30. The number of likely N-dealkylation sites (tertiary alicyclic amines) is 1. The number of benzene rings is 2. The summed E-state index contributed by atoms with van der Waals surface area (Å²) in [6.07, 6.45) is 1.02. The van der Waals surface area contributed by atoms with Crippen molar-refractivity contribution >= 4 is 11.8 Å². The maximum absolute atomic E-state index is 12.4. The Morgan fingerprint density at radius 2 is 2.00 bits per heavy atom. The van der Waals surface area contributed by atoms with E-state index in [1.54, 1.807) is 30.2 Å². The van der Waals surface area contributed by atoms with Gasteiger partial charge in [-0.3, -0.25) is 9.59 Å². The Morgan fingerprint density at radius 3 is 2.67 bits per heavy atom. The number of phenolic OH excluding ortho intramolecular Hbond substituents is 1. The van der Waals surface area contributed by atoms with Gasteiger partial charge in [-0.15, -0.1) is 0 Å². The van der Waals surface area contributed by atoms with Crippen LogP contribution in [0.5, 0.6) is 11.5 Å². The van der Waals surface area contributed by atoms with Crippen LogP contribution < -0.4 is 10.1 Å². The van der Waals surface area contributed by atoms with Crippen LogP contribution in [0.1, 0.15) is 27.9 Å². The molecule has 2 aromatic carbocycles. The Labute approximate surface area is 158 Å². The molecule has 6 heteroatoms. The van der Waals surface area contributed by atoms with Crippen LogP contribution in [0.4, 0.5) is 0 Å². The fourth-order valence-electron chi connectivity index (χ4n) is 3.24. The van der Waals surface area contributed by atoms with Gasteiger partial charge in [0.05, 0.1) is 18.7 Å². The third kappa shape index (κ3) is 4.58. The van der Waals surface area contributed by atoms with Crippen molar-refractivity contribution in [3.05, 3.63) is 59.2 Å². The van der Waals surface area contributed by atoms with Crippen LogP contribution in [0.15, 0.2) is 42.5 Å². The molecule has 2 N–H and O–H groups in total. The van der Waals surface area contributed by atoms with Gasteiger partial charge in [-0.05, 0) is 48.7 Å². The summed E-state index contributed by atoms with van der Waals surface area (Å²) in [6.45, 7) is 2.93. The van der Waals surface area contributed by atoms with Gasteiger partial charge in [-0.1, -0.05) is 18.2 Å². The number of carbonyl (C=O) groups is 2. The number of ether oxygens (including phenoxy) is 1. The maximum Gasteiger partial charge on any atom is 0.255 e. The topological polar surface area (TPSA) is 78.9 Å². The van der Waals surface area contributed by atoms with Gasteiger partial charge in [0.15, 0.2) is 0 Å². The van der Waals surface area contributed by atoms with Crippen LogP contribution in [0.3, 0.4) is 0 Å². The molecule has 142 valence electrons. The van der Waals surface area contributed by atoms with Gasteiger partial charge in [0.2, 0.25) is 5.91 Å². The molecule has 1 aliphatic heterocycles. The summed E-state index contributed by atoms with van der Waals surface area (Å²) in [7, 11) is 1.63. The lowest BCUT2D eigenvalue weighted by Gasteiger charge is -2.17. The minimum Gasteiger partial charge on any atom is -0.507 e. The molecule has 1 fully saturated rings. The fraction of sp³-hybridized carbons (Fsp3) is 0.333. The maximum atomic E-state index is 12.4. The first kappa shape index (κ1) is 18.8. The number of nitrogens with one attached hydrogen (secondary N) is 1. The van der Waals surface area contributed by atoms with E-state index in [0.29, 0.717) is 13.1 Å². The van der Waals surface area contributed by atoms with Gasteiger partial charge in [-0.2, -0.15) is 0 Å². The second-order valence-corrected chi connectivity index (χ2v) is 6.83. The predicted molar refractivity (Wildman–Crippen MR) is 102 cm³/mol. The summed E-state index contributed by atoms with van der Waals surface area (Å²) in [5.74, 6) is 0.426. The average molecular weight is 368 g/mol. The molecule has 2 amide bonds. The van der Waals surface area contributed by atoms with Crippen molar-refractivity contribution in [3.63, 3.8) is 0 Å². The lowest BCUT2D eigenvalue weighted by atomic mass is 10.1. The SMILES string of the molecule is COc1ccc(CCN2C[C@@H](NC(=O)c3ccc(C)cc3O)CC2=O)cc1. The van der Waals surface area contributed by atoms with E-state index in [-0.39, 0.29) is 35.6 Å². The van der Waals surface area contributed by atoms with Crippen molar-refractivity contribution in [1.29, 1.82) is 0 Å². The molecule has 6 nitrogen and oxygen atoms in total. The smallest absolute Gasteiger partial charge is 0.255 e. The Kier molecular flexibility index (Phi) is 5.64. The van der Waals surface area contributed by atoms with Crippen LogP contribution in [0.2, 0.25) is 0 Å². The van der Waals surface area contributed by atoms with Gasteiger partial charge < -0.3 is 20.1 Å². The van der Waals surface area contributed by atoms with Gasteiger partial charge in [-0.25, -0.2) is 0 Å².